The first-order valence-electron chi connectivity index (χ1n) is 6.89. The second kappa shape index (κ2) is 5.97. The van der Waals surface area contributed by atoms with E-state index >= 15 is 0 Å². The van der Waals surface area contributed by atoms with Gasteiger partial charge in [0.15, 0.2) is 6.10 Å². The van der Waals surface area contributed by atoms with Crippen molar-refractivity contribution in [3.8, 4) is 0 Å². The van der Waals surface area contributed by atoms with E-state index in [1.54, 1.807) is 0 Å². The van der Waals surface area contributed by atoms with Crippen molar-refractivity contribution in [2.75, 3.05) is 19.8 Å². The van der Waals surface area contributed by atoms with Gasteiger partial charge in [-0.25, -0.2) is 0 Å². The second-order valence-corrected chi connectivity index (χ2v) is 5.86. The smallest absolute Gasteiger partial charge is 0.381 e. The summed E-state index contributed by atoms with van der Waals surface area (Å²) in [6.45, 7) is 3.35. The number of rotatable bonds is 2. The summed E-state index contributed by atoms with van der Waals surface area (Å²) in [5, 5.41) is 0. The minimum atomic E-state index is -4.25. The van der Waals surface area contributed by atoms with Gasteiger partial charge in [0.25, 0.3) is 0 Å². The number of alkyl halides is 3. The van der Waals surface area contributed by atoms with Gasteiger partial charge in [-0.15, -0.1) is 0 Å². The average Bonchev–Trinajstić information content (AvgIpc) is 2.33. The van der Waals surface area contributed by atoms with Crippen LogP contribution in [-0.2, 0) is 9.47 Å². The maximum Gasteiger partial charge on any atom is 0.414 e. The first-order valence-corrected chi connectivity index (χ1v) is 6.89. The van der Waals surface area contributed by atoms with Crippen LogP contribution in [0, 0.1) is 17.8 Å². The highest BCUT2D eigenvalue weighted by Crippen LogP contribution is 2.37. The van der Waals surface area contributed by atoms with Crippen molar-refractivity contribution >= 4 is 0 Å². The van der Waals surface area contributed by atoms with E-state index in [9.17, 15) is 13.2 Å². The Labute approximate surface area is 111 Å². The molecule has 2 N–H and O–H groups in total. The Kier molecular flexibility index (Phi) is 4.74. The van der Waals surface area contributed by atoms with E-state index < -0.39 is 12.3 Å². The van der Waals surface area contributed by atoms with E-state index in [1.165, 1.54) is 0 Å². The van der Waals surface area contributed by atoms with Gasteiger partial charge in [0.2, 0.25) is 0 Å². The molecule has 0 aliphatic carbocycles. The Hall–Kier alpha value is -0.330. The van der Waals surface area contributed by atoms with Crippen LogP contribution in [0.2, 0.25) is 0 Å². The zero-order chi connectivity index (χ0) is 14.0. The van der Waals surface area contributed by atoms with Crippen molar-refractivity contribution in [2.45, 2.75) is 44.5 Å². The van der Waals surface area contributed by atoms with Gasteiger partial charge in [0.1, 0.15) is 0 Å². The van der Waals surface area contributed by atoms with E-state index in [0.29, 0.717) is 13.2 Å². The van der Waals surface area contributed by atoms with E-state index in [-0.39, 0.29) is 36.8 Å². The summed E-state index contributed by atoms with van der Waals surface area (Å²) in [7, 11) is 0. The van der Waals surface area contributed by atoms with Crippen molar-refractivity contribution < 1.29 is 22.6 Å². The third-order valence-corrected chi connectivity index (χ3v) is 4.41. The number of nitrogens with two attached hydrogens (primary N) is 1. The van der Waals surface area contributed by atoms with Crippen LogP contribution in [0.1, 0.15) is 26.2 Å². The van der Waals surface area contributed by atoms with Crippen LogP contribution in [0.15, 0.2) is 0 Å². The van der Waals surface area contributed by atoms with Crippen LogP contribution in [0.3, 0.4) is 0 Å². The largest absolute Gasteiger partial charge is 0.414 e. The Morgan fingerprint density at radius 1 is 1.21 bits per heavy atom. The van der Waals surface area contributed by atoms with E-state index in [4.69, 9.17) is 15.2 Å². The van der Waals surface area contributed by atoms with Crippen molar-refractivity contribution in [1.82, 2.24) is 0 Å². The third-order valence-electron chi connectivity index (χ3n) is 4.41. The molecule has 19 heavy (non-hydrogen) atoms. The fourth-order valence-corrected chi connectivity index (χ4v) is 2.98. The lowest BCUT2D eigenvalue weighted by molar-refractivity contribution is -0.243. The quantitative estimate of drug-likeness (QED) is 0.845. The number of ether oxygens (including phenoxy) is 2. The lowest BCUT2D eigenvalue weighted by atomic mass is 9.78. The molecule has 2 aliphatic heterocycles. The van der Waals surface area contributed by atoms with Crippen LogP contribution < -0.4 is 5.73 Å². The summed E-state index contributed by atoms with van der Waals surface area (Å²) >= 11 is 0. The highest BCUT2D eigenvalue weighted by Gasteiger charge is 2.45. The van der Waals surface area contributed by atoms with Crippen LogP contribution in [0.25, 0.3) is 0 Å². The molecule has 2 aliphatic rings. The molecule has 112 valence electrons. The topological polar surface area (TPSA) is 44.5 Å². The van der Waals surface area contributed by atoms with E-state index in [0.717, 1.165) is 12.8 Å². The van der Waals surface area contributed by atoms with Gasteiger partial charge in [-0.3, -0.25) is 0 Å². The first-order chi connectivity index (χ1) is 8.88. The standard InChI is InChI=1S/C13H22F3NO2/c1-8-4-12(13(14,15)16)19-7-9(8)5-10-6-18-3-2-11(10)17/h8-12H,2-7,17H2,1H3. The molecule has 0 aromatic carbocycles. The molecule has 0 amide bonds. The predicted molar refractivity (Wildman–Crippen MR) is 64.6 cm³/mol. The highest BCUT2D eigenvalue weighted by atomic mass is 19.4. The molecular weight excluding hydrogens is 259 g/mol. The van der Waals surface area contributed by atoms with Crippen molar-refractivity contribution in [1.29, 1.82) is 0 Å². The molecule has 2 saturated heterocycles. The zero-order valence-electron chi connectivity index (χ0n) is 11.2. The molecular formula is C13H22F3NO2. The van der Waals surface area contributed by atoms with E-state index in [1.807, 2.05) is 6.92 Å². The van der Waals surface area contributed by atoms with Gasteiger partial charge in [0, 0.05) is 12.6 Å². The Balaban J connectivity index is 1.86. The predicted octanol–water partition coefficient (Wildman–Crippen LogP) is 2.34. The molecule has 2 heterocycles. The fourth-order valence-electron chi connectivity index (χ4n) is 2.98. The molecule has 5 atom stereocenters. The Morgan fingerprint density at radius 3 is 2.53 bits per heavy atom. The summed E-state index contributed by atoms with van der Waals surface area (Å²) < 4.78 is 48.2. The summed E-state index contributed by atoms with van der Waals surface area (Å²) in [6.07, 6.45) is -4.17. The highest BCUT2D eigenvalue weighted by molar-refractivity contribution is 4.85. The van der Waals surface area contributed by atoms with Gasteiger partial charge in [-0.2, -0.15) is 13.2 Å². The van der Waals surface area contributed by atoms with Gasteiger partial charge in [0.05, 0.1) is 13.2 Å². The molecule has 3 nitrogen and oxygen atoms in total. The molecule has 0 aromatic rings. The monoisotopic (exact) mass is 281 g/mol. The molecule has 0 spiro atoms. The molecule has 6 heteroatoms. The maximum absolute atomic E-state index is 12.6. The Morgan fingerprint density at radius 2 is 1.95 bits per heavy atom. The SMILES string of the molecule is CC1CC(C(F)(F)F)OCC1CC1COCCC1N. The fraction of sp³-hybridized carbons (Fsp3) is 1.00. The molecule has 0 aromatic heterocycles. The summed E-state index contributed by atoms with van der Waals surface area (Å²) in [6, 6.07) is 0.0984. The minimum absolute atomic E-state index is 0.00880. The molecule has 2 rings (SSSR count). The molecule has 0 saturated carbocycles. The molecule has 0 bridgehead atoms. The van der Waals surface area contributed by atoms with E-state index in [2.05, 4.69) is 0 Å². The summed E-state index contributed by atoms with van der Waals surface area (Å²) in [5.74, 6) is 0.401. The van der Waals surface area contributed by atoms with Crippen LogP contribution in [0.5, 0.6) is 0 Å². The van der Waals surface area contributed by atoms with Gasteiger partial charge >= 0.3 is 6.18 Å². The molecule has 2 fully saturated rings. The molecule has 0 radical (unpaired) electrons. The first kappa shape index (κ1) is 15.1. The van der Waals surface area contributed by atoms with Crippen molar-refractivity contribution in [3.63, 3.8) is 0 Å². The number of hydrogen-bond acceptors (Lipinski definition) is 3. The lowest BCUT2D eigenvalue weighted by Crippen LogP contribution is -2.44. The molecule has 5 unspecified atom stereocenters. The lowest BCUT2D eigenvalue weighted by Gasteiger charge is -2.38. The second-order valence-electron chi connectivity index (χ2n) is 5.86. The number of hydrogen-bond donors (Lipinski definition) is 1. The normalized spacial score (nSPS) is 41.2. The van der Waals surface area contributed by atoms with Gasteiger partial charge < -0.3 is 15.2 Å². The third kappa shape index (κ3) is 3.83. The van der Waals surface area contributed by atoms with Gasteiger partial charge in [-0.05, 0) is 37.0 Å². The summed E-state index contributed by atoms with van der Waals surface area (Å²) in [4.78, 5) is 0. The van der Waals surface area contributed by atoms with Crippen LogP contribution in [0.4, 0.5) is 13.2 Å². The van der Waals surface area contributed by atoms with Crippen LogP contribution in [-0.4, -0.2) is 38.1 Å². The zero-order valence-corrected chi connectivity index (χ0v) is 11.2. The summed E-state index contributed by atoms with van der Waals surface area (Å²) in [5.41, 5.74) is 6.04. The number of halogens is 3. The van der Waals surface area contributed by atoms with Crippen molar-refractivity contribution in [3.05, 3.63) is 0 Å². The average molecular weight is 281 g/mol. The maximum atomic E-state index is 12.6. The van der Waals surface area contributed by atoms with Gasteiger partial charge in [-0.1, -0.05) is 6.92 Å². The van der Waals surface area contributed by atoms with Crippen LogP contribution >= 0.6 is 0 Å². The Bertz CT molecular complexity index is 298. The minimum Gasteiger partial charge on any atom is -0.381 e. The van der Waals surface area contributed by atoms with Crippen molar-refractivity contribution in [2.24, 2.45) is 23.5 Å².